The molecule has 0 bridgehead atoms. The van der Waals surface area contributed by atoms with Crippen LogP contribution >= 0.6 is 0 Å². The van der Waals surface area contributed by atoms with E-state index < -0.39 is 0 Å². The molecule has 0 aliphatic rings. The zero-order chi connectivity index (χ0) is 17.1. The lowest BCUT2D eigenvalue weighted by molar-refractivity contribution is 0.570. The summed E-state index contributed by atoms with van der Waals surface area (Å²) in [5.41, 5.74) is 3.98. The molecule has 122 valence electrons. The Hall–Kier alpha value is -3.07. The van der Waals surface area contributed by atoms with Crippen LogP contribution in [0.2, 0.25) is 0 Å². The maximum absolute atomic E-state index is 12.3. The molecule has 0 saturated carbocycles. The molecule has 0 aliphatic carbocycles. The van der Waals surface area contributed by atoms with E-state index >= 15 is 0 Å². The smallest absolute Gasteiger partial charge is 0.344 e. The Balaban J connectivity index is 2.19. The number of hydrogen-bond donors (Lipinski definition) is 0. The first-order valence-corrected chi connectivity index (χ1v) is 8.56. The van der Waals surface area contributed by atoms with E-state index in [-0.39, 0.29) is 5.63 Å². The van der Waals surface area contributed by atoms with Gasteiger partial charge in [0.05, 0.1) is 5.39 Å². The topological polar surface area (TPSA) is 35.1 Å². The molecular weight excluding hydrogens is 310 g/mol. The number of hydrogen-bond acceptors (Lipinski definition) is 2. The summed E-state index contributed by atoms with van der Waals surface area (Å²) in [5, 5.41) is 4.98. The van der Waals surface area contributed by atoms with Gasteiger partial charge in [0.25, 0.3) is 0 Å². The van der Waals surface area contributed by atoms with Gasteiger partial charge in [-0.05, 0) is 44.2 Å². The number of aromatic nitrogens is 1. The summed E-state index contributed by atoms with van der Waals surface area (Å²) in [6, 6.07) is 18.2. The van der Waals surface area contributed by atoms with E-state index in [1.807, 2.05) is 30.3 Å². The van der Waals surface area contributed by atoms with Crippen LogP contribution < -0.4 is 5.63 Å². The van der Waals surface area contributed by atoms with Crippen LogP contribution in [-0.4, -0.2) is 4.57 Å². The van der Waals surface area contributed by atoms with Gasteiger partial charge in [-0.25, -0.2) is 4.79 Å². The highest BCUT2D eigenvalue weighted by Gasteiger charge is 2.16. The summed E-state index contributed by atoms with van der Waals surface area (Å²) >= 11 is 0. The fourth-order valence-electron chi connectivity index (χ4n) is 4.01. The number of aryl methyl sites for hydroxylation is 2. The van der Waals surface area contributed by atoms with Crippen molar-refractivity contribution in [3.63, 3.8) is 0 Å². The first-order valence-electron chi connectivity index (χ1n) is 8.56. The monoisotopic (exact) mass is 327 g/mol. The molecule has 0 N–H and O–H groups in total. The molecule has 0 radical (unpaired) electrons. The van der Waals surface area contributed by atoms with Crippen LogP contribution in [0, 0.1) is 6.92 Å². The van der Waals surface area contributed by atoms with Crippen LogP contribution in [0.3, 0.4) is 0 Å². The Bertz CT molecular complexity index is 1360. The van der Waals surface area contributed by atoms with E-state index in [1.165, 1.54) is 22.0 Å². The van der Waals surface area contributed by atoms with E-state index in [4.69, 9.17) is 4.42 Å². The van der Waals surface area contributed by atoms with Crippen molar-refractivity contribution in [2.75, 3.05) is 0 Å². The second kappa shape index (κ2) is 4.96. The molecule has 0 aliphatic heterocycles. The maximum atomic E-state index is 12.3. The molecule has 3 aromatic carbocycles. The third kappa shape index (κ3) is 1.84. The molecule has 2 heterocycles. The minimum atomic E-state index is -0.280. The van der Waals surface area contributed by atoms with Crippen molar-refractivity contribution in [3.05, 3.63) is 70.6 Å². The van der Waals surface area contributed by atoms with E-state index in [0.717, 1.165) is 22.7 Å². The number of rotatable bonds is 1. The molecule has 5 rings (SSSR count). The average Bonchev–Trinajstić information content (AvgIpc) is 2.94. The van der Waals surface area contributed by atoms with Gasteiger partial charge in [0, 0.05) is 39.1 Å². The van der Waals surface area contributed by atoms with Crippen LogP contribution in [0.25, 0.3) is 43.5 Å². The predicted octanol–water partition coefficient (Wildman–Crippen LogP) is 5.38. The molecule has 0 amide bonds. The Labute approximate surface area is 144 Å². The van der Waals surface area contributed by atoms with Crippen LogP contribution in [0.4, 0.5) is 0 Å². The number of benzene rings is 3. The summed E-state index contributed by atoms with van der Waals surface area (Å²) < 4.78 is 7.96. The molecular formula is C22H17NO2. The van der Waals surface area contributed by atoms with Crippen molar-refractivity contribution in [2.45, 2.75) is 20.4 Å². The summed E-state index contributed by atoms with van der Waals surface area (Å²) in [4.78, 5) is 12.3. The van der Waals surface area contributed by atoms with Crippen molar-refractivity contribution in [3.8, 4) is 0 Å². The first kappa shape index (κ1) is 14.3. The molecule has 0 spiro atoms. The predicted molar refractivity (Wildman–Crippen MR) is 103 cm³/mol. The summed E-state index contributed by atoms with van der Waals surface area (Å²) in [6.07, 6.45) is 0. The van der Waals surface area contributed by atoms with Crippen LogP contribution in [-0.2, 0) is 6.54 Å². The molecule has 3 nitrogen and oxygen atoms in total. The Morgan fingerprint density at radius 1 is 0.880 bits per heavy atom. The lowest BCUT2D eigenvalue weighted by Crippen LogP contribution is -1.99. The molecule has 0 atom stereocenters. The third-order valence-corrected chi connectivity index (χ3v) is 5.08. The summed E-state index contributed by atoms with van der Waals surface area (Å²) in [5.74, 6) is 0. The molecule has 3 heteroatoms. The van der Waals surface area contributed by atoms with Crippen molar-refractivity contribution < 1.29 is 4.42 Å². The minimum Gasteiger partial charge on any atom is -0.422 e. The summed E-state index contributed by atoms with van der Waals surface area (Å²) in [6.45, 7) is 5.16. The van der Waals surface area contributed by atoms with E-state index in [2.05, 4.69) is 42.7 Å². The average molecular weight is 327 g/mol. The normalized spacial score (nSPS) is 11.9. The zero-order valence-electron chi connectivity index (χ0n) is 14.2. The van der Waals surface area contributed by atoms with Crippen molar-refractivity contribution >= 4 is 43.5 Å². The first-order chi connectivity index (χ1) is 12.2. The SMILES string of the molecule is CCn1c2ccc(C)cc2c2c3c(ccc21)oc(=O)c1ccccc13. The largest absolute Gasteiger partial charge is 0.422 e. The molecule has 0 saturated heterocycles. The molecule has 5 aromatic rings. The van der Waals surface area contributed by atoms with Gasteiger partial charge >= 0.3 is 5.63 Å². The van der Waals surface area contributed by atoms with Gasteiger partial charge in [0.15, 0.2) is 0 Å². The fourth-order valence-corrected chi connectivity index (χ4v) is 4.01. The van der Waals surface area contributed by atoms with Gasteiger partial charge in [-0.2, -0.15) is 0 Å². The standard InChI is InChI=1S/C22H17NO2/c1-3-23-17-9-8-13(2)12-16(17)20-18(23)10-11-19-21(20)14-6-4-5-7-15(14)22(24)25-19/h4-12H,3H2,1-2H3. The fraction of sp³-hybridized carbons (Fsp3) is 0.136. The molecule has 0 unspecified atom stereocenters. The summed E-state index contributed by atoms with van der Waals surface area (Å²) in [7, 11) is 0. The van der Waals surface area contributed by atoms with Crippen molar-refractivity contribution in [2.24, 2.45) is 0 Å². The van der Waals surface area contributed by atoms with Crippen molar-refractivity contribution in [1.82, 2.24) is 4.57 Å². The quantitative estimate of drug-likeness (QED) is 0.306. The second-order valence-electron chi connectivity index (χ2n) is 6.53. The van der Waals surface area contributed by atoms with E-state index in [1.54, 1.807) is 0 Å². The lowest BCUT2D eigenvalue weighted by atomic mass is 10.0. The van der Waals surface area contributed by atoms with Gasteiger partial charge in [0.2, 0.25) is 0 Å². The lowest BCUT2D eigenvalue weighted by Gasteiger charge is -2.06. The van der Waals surface area contributed by atoms with Gasteiger partial charge in [0.1, 0.15) is 5.58 Å². The Morgan fingerprint density at radius 2 is 1.64 bits per heavy atom. The van der Waals surface area contributed by atoms with Gasteiger partial charge < -0.3 is 8.98 Å². The highest BCUT2D eigenvalue weighted by molar-refractivity contribution is 6.26. The van der Waals surface area contributed by atoms with E-state index in [9.17, 15) is 4.79 Å². The van der Waals surface area contributed by atoms with Crippen LogP contribution in [0.1, 0.15) is 12.5 Å². The highest BCUT2D eigenvalue weighted by Crippen LogP contribution is 2.37. The number of fused-ring (bicyclic) bond motifs is 7. The van der Waals surface area contributed by atoms with Crippen LogP contribution in [0.15, 0.2) is 63.8 Å². The highest BCUT2D eigenvalue weighted by atomic mass is 16.4. The van der Waals surface area contributed by atoms with Gasteiger partial charge in [-0.3, -0.25) is 0 Å². The minimum absolute atomic E-state index is 0.280. The number of nitrogens with zero attached hydrogens (tertiary/aromatic N) is 1. The molecule has 2 aromatic heterocycles. The Kier molecular flexibility index (Phi) is 2.84. The maximum Gasteiger partial charge on any atom is 0.344 e. The Morgan fingerprint density at radius 3 is 2.44 bits per heavy atom. The van der Waals surface area contributed by atoms with Crippen LogP contribution in [0.5, 0.6) is 0 Å². The second-order valence-corrected chi connectivity index (χ2v) is 6.53. The van der Waals surface area contributed by atoms with Gasteiger partial charge in [-0.15, -0.1) is 0 Å². The molecule has 0 fully saturated rings. The molecule has 25 heavy (non-hydrogen) atoms. The van der Waals surface area contributed by atoms with E-state index in [0.29, 0.717) is 11.0 Å². The zero-order valence-corrected chi connectivity index (χ0v) is 14.2. The van der Waals surface area contributed by atoms with Gasteiger partial charge in [-0.1, -0.05) is 29.8 Å². The third-order valence-electron chi connectivity index (χ3n) is 5.08. The van der Waals surface area contributed by atoms with Crippen molar-refractivity contribution in [1.29, 1.82) is 0 Å².